The molecule has 0 unspecified atom stereocenters. The number of benzene rings is 1. The number of nitrogens with two attached hydrogens (primary N) is 1. The van der Waals surface area contributed by atoms with E-state index in [2.05, 4.69) is 15.5 Å². The van der Waals surface area contributed by atoms with E-state index in [1.165, 1.54) is 5.06 Å². The molecule has 2 heterocycles. The van der Waals surface area contributed by atoms with E-state index < -0.39 is 6.04 Å². The van der Waals surface area contributed by atoms with Crippen LogP contribution in [0.3, 0.4) is 0 Å². The molecule has 0 bridgehead atoms. The molecular weight excluding hydrogens is 272 g/mol. The average Bonchev–Trinajstić information content (AvgIpc) is 2.95. The molecule has 0 radical (unpaired) electrons. The number of carbonyl (C=O) groups is 1. The molecule has 0 aliphatic carbocycles. The molecule has 2 N–H and O–H groups in total. The first-order valence-corrected chi connectivity index (χ1v) is 6.67. The quantitative estimate of drug-likeness (QED) is 0.759. The van der Waals surface area contributed by atoms with E-state index in [0.29, 0.717) is 12.4 Å². The first-order chi connectivity index (χ1) is 10.2. The van der Waals surface area contributed by atoms with Crippen molar-refractivity contribution in [1.29, 1.82) is 0 Å². The van der Waals surface area contributed by atoms with Crippen LogP contribution in [0.2, 0.25) is 0 Å². The highest BCUT2D eigenvalue weighted by Gasteiger charge is 2.43. The third kappa shape index (κ3) is 2.63. The van der Waals surface area contributed by atoms with E-state index in [-0.39, 0.29) is 18.6 Å². The van der Waals surface area contributed by atoms with Crippen LogP contribution < -0.4 is 5.73 Å². The highest BCUT2D eigenvalue weighted by molar-refractivity contribution is 5.87. The van der Waals surface area contributed by atoms with Crippen molar-refractivity contribution in [3.8, 4) is 0 Å². The Bertz CT molecular complexity index is 629. The Hall–Kier alpha value is -2.32. The smallest absolute Gasteiger partial charge is 0.265 e. The van der Waals surface area contributed by atoms with Crippen LogP contribution in [0.25, 0.3) is 0 Å². The van der Waals surface area contributed by atoms with E-state index >= 15 is 0 Å². The largest absolute Gasteiger partial charge is 0.318 e. The second kappa shape index (κ2) is 5.58. The molecular formula is C13H16N6O2. The first-order valence-electron chi connectivity index (χ1n) is 6.67. The summed E-state index contributed by atoms with van der Waals surface area (Å²) in [4.78, 5) is 17.0. The van der Waals surface area contributed by atoms with Crippen molar-refractivity contribution in [3.63, 3.8) is 0 Å². The van der Waals surface area contributed by atoms with Gasteiger partial charge in [0.15, 0.2) is 5.82 Å². The van der Waals surface area contributed by atoms with Crippen LogP contribution >= 0.6 is 0 Å². The molecule has 110 valence electrons. The predicted octanol–water partition coefficient (Wildman–Crippen LogP) is -0.289. The number of hydrogen-bond acceptors (Lipinski definition) is 6. The summed E-state index contributed by atoms with van der Waals surface area (Å²) < 4.78 is 1.64. The van der Waals surface area contributed by atoms with Crippen molar-refractivity contribution >= 4 is 5.91 Å². The molecule has 8 nitrogen and oxygen atoms in total. The van der Waals surface area contributed by atoms with E-state index in [1.807, 2.05) is 37.3 Å². The maximum Gasteiger partial charge on any atom is 0.265 e. The van der Waals surface area contributed by atoms with Crippen LogP contribution in [-0.2, 0) is 22.8 Å². The molecule has 2 atom stereocenters. The number of carbonyl (C=O) groups excluding carboxylic acids is 1. The lowest BCUT2D eigenvalue weighted by atomic mass is 10.0. The van der Waals surface area contributed by atoms with Crippen LogP contribution in [0.5, 0.6) is 0 Å². The minimum absolute atomic E-state index is 0.128. The number of amides is 1. The molecule has 21 heavy (non-hydrogen) atoms. The van der Waals surface area contributed by atoms with Gasteiger partial charge in [-0.05, 0) is 22.9 Å². The van der Waals surface area contributed by atoms with Gasteiger partial charge in [-0.2, -0.15) is 0 Å². The highest BCUT2D eigenvalue weighted by Crippen LogP contribution is 2.18. The zero-order valence-electron chi connectivity index (χ0n) is 11.6. The van der Waals surface area contributed by atoms with Gasteiger partial charge in [-0.1, -0.05) is 30.3 Å². The summed E-state index contributed by atoms with van der Waals surface area (Å²) in [5.41, 5.74) is 6.70. The van der Waals surface area contributed by atoms with E-state index in [9.17, 15) is 4.79 Å². The van der Waals surface area contributed by atoms with Crippen molar-refractivity contribution in [2.45, 2.75) is 32.2 Å². The summed E-state index contributed by atoms with van der Waals surface area (Å²) in [6.45, 7) is 2.51. The van der Waals surface area contributed by atoms with Crippen LogP contribution in [0, 0.1) is 0 Å². The molecule has 0 saturated carbocycles. The van der Waals surface area contributed by atoms with Gasteiger partial charge in [0.2, 0.25) is 0 Å². The standard InChI is InChI=1S/C13H16N6O2/c1-9-12(14)13(20)19(9)21-8-11-15-16-17-18(11)7-10-5-3-2-4-6-10/h2-6,9,12H,7-8,14H2,1H3/t9-,12-/m0/s1. The third-order valence-corrected chi connectivity index (χ3v) is 3.51. The average molecular weight is 288 g/mol. The number of β-lactam (4-membered cyclic amide) rings is 1. The summed E-state index contributed by atoms with van der Waals surface area (Å²) in [5, 5.41) is 12.8. The minimum atomic E-state index is -0.481. The third-order valence-electron chi connectivity index (χ3n) is 3.51. The van der Waals surface area contributed by atoms with Crippen molar-refractivity contribution in [3.05, 3.63) is 41.7 Å². The topological polar surface area (TPSA) is 99.2 Å². The van der Waals surface area contributed by atoms with Gasteiger partial charge in [0.05, 0.1) is 12.6 Å². The Morgan fingerprint density at radius 1 is 1.33 bits per heavy atom. The van der Waals surface area contributed by atoms with Crippen molar-refractivity contribution < 1.29 is 9.63 Å². The molecule has 1 aromatic heterocycles. The second-order valence-electron chi connectivity index (χ2n) is 4.94. The lowest BCUT2D eigenvalue weighted by Crippen LogP contribution is -2.66. The maximum absolute atomic E-state index is 11.5. The summed E-state index contributed by atoms with van der Waals surface area (Å²) in [6.07, 6.45) is 0. The fraction of sp³-hybridized carbons (Fsp3) is 0.385. The van der Waals surface area contributed by atoms with Crippen LogP contribution in [-0.4, -0.2) is 43.3 Å². The zero-order chi connectivity index (χ0) is 14.8. The van der Waals surface area contributed by atoms with Gasteiger partial charge in [-0.15, -0.1) is 5.10 Å². The van der Waals surface area contributed by atoms with Crippen LogP contribution in [0.15, 0.2) is 30.3 Å². The predicted molar refractivity (Wildman–Crippen MR) is 72.4 cm³/mol. The number of rotatable bonds is 5. The zero-order valence-corrected chi connectivity index (χ0v) is 11.6. The van der Waals surface area contributed by atoms with Gasteiger partial charge < -0.3 is 5.73 Å². The molecule has 1 aliphatic rings. The van der Waals surface area contributed by atoms with Gasteiger partial charge in [-0.3, -0.25) is 9.63 Å². The fourth-order valence-electron chi connectivity index (χ4n) is 2.13. The molecule has 2 aromatic rings. The Morgan fingerprint density at radius 3 is 2.81 bits per heavy atom. The van der Waals surface area contributed by atoms with Crippen molar-refractivity contribution in [2.75, 3.05) is 0 Å². The molecule has 1 saturated heterocycles. The van der Waals surface area contributed by atoms with E-state index in [4.69, 9.17) is 10.6 Å². The molecule has 1 aliphatic heterocycles. The Labute approximate surface area is 121 Å². The Balaban J connectivity index is 1.62. The molecule has 0 spiro atoms. The number of hydroxylamine groups is 2. The Morgan fingerprint density at radius 2 is 2.10 bits per heavy atom. The lowest BCUT2D eigenvalue weighted by molar-refractivity contribution is -0.236. The number of tetrazole rings is 1. The molecule has 1 amide bonds. The van der Waals surface area contributed by atoms with E-state index in [0.717, 1.165) is 5.56 Å². The second-order valence-corrected chi connectivity index (χ2v) is 4.94. The van der Waals surface area contributed by atoms with Gasteiger partial charge in [-0.25, -0.2) is 9.75 Å². The molecule has 3 rings (SSSR count). The van der Waals surface area contributed by atoms with Crippen molar-refractivity contribution in [2.24, 2.45) is 5.73 Å². The number of aromatic nitrogens is 4. The summed E-state index contributed by atoms with van der Waals surface area (Å²) in [6, 6.07) is 9.24. The SMILES string of the molecule is C[C@H]1[C@H](N)C(=O)N1OCc1nnnn1Cc1ccccc1. The number of nitrogens with zero attached hydrogens (tertiary/aromatic N) is 5. The van der Waals surface area contributed by atoms with E-state index in [1.54, 1.807) is 4.68 Å². The van der Waals surface area contributed by atoms with Gasteiger partial charge in [0, 0.05) is 0 Å². The maximum atomic E-state index is 11.5. The summed E-state index contributed by atoms with van der Waals surface area (Å²) >= 11 is 0. The first kappa shape index (κ1) is 13.7. The Kier molecular flexibility index (Phi) is 3.63. The molecule has 8 heteroatoms. The number of hydrogen-bond donors (Lipinski definition) is 1. The lowest BCUT2D eigenvalue weighted by Gasteiger charge is -2.41. The van der Waals surface area contributed by atoms with Gasteiger partial charge in [0.1, 0.15) is 12.6 Å². The highest BCUT2D eigenvalue weighted by atomic mass is 16.7. The normalized spacial score (nSPS) is 21.4. The summed E-state index contributed by atoms with van der Waals surface area (Å²) in [7, 11) is 0. The van der Waals surface area contributed by atoms with Gasteiger partial charge >= 0.3 is 0 Å². The van der Waals surface area contributed by atoms with Crippen LogP contribution in [0.1, 0.15) is 18.3 Å². The molecule has 1 aromatic carbocycles. The fourth-order valence-corrected chi connectivity index (χ4v) is 2.13. The molecule has 1 fully saturated rings. The van der Waals surface area contributed by atoms with Crippen molar-refractivity contribution in [1.82, 2.24) is 25.3 Å². The van der Waals surface area contributed by atoms with Gasteiger partial charge in [0.25, 0.3) is 5.91 Å². The monoisotopic (exact) mass is 288 g/mol. The summed E-state index contributed by atoms with van der Waals surface area (Å²) in [5.74, 6) is 0.337. The van der Waals surface area contributed by atoms with Crippen LogP contribution in [0.4, 0.5) is 0 Å². The minimum Gasteiger partial charge on any atom is -0.318 e.